The molecule has 32 heavy (non-hydrogen) atoms. The fourth-order valence-electron chi connectivity index (χ4n) is 3.89. The molecule has 172 valence electrons. The molecule has 3 aromatic rings. The third kappa shape index (κ3) is 4.15. The maximum Gasteiger partial charge on any atom is 0.332 e. The van der Waals surface area contributed by atoms with E-state index in [9.17, 15) is 14.7 Å². The first kappa shape index (κ1) is 22.1. The summed E-state index contributed by atoms with van der Waals surface area (Å²) in [5.41, 5.74) is 0.892. The Hall–Kier alpha value is -3.11. The molecule has 0 unspecified atom stereocenters. The van der Waals surface area contributed by atoms with E-state index in [2.05, 4.69) is 11.9 Å². The topological polar surface area (TPSA) is 104 Å². The van der Waals surface area contributed by atoms with Gasteiger partial charge in [0.25, 0.3) is 5.56 Å². The van der Waals surface area contributed by atoms with E-state index < -0.39 is 17.4 Å². The molecule has 1 aliphatic rings. The van der Waals surface area contributed by atoms with Crippen LogP contribution in [0.3, 0.4) is 0 Å². The lowest BCUT2D eigenvalue weighted by atomic mass is 10.2. The predicted octanol–water partition coefficient (Wildman–Crippen LogP) is 0.273. The number of morpholine rings is 1. The lowest BCUT2D eigenvalue weighted by Gasteiger charge is -2.28. The molecule has 4 rings (SSSR count). The Morgan fingerprint density at radius 3 is 2.47 bits per heavy atom. The SMILES string of the molecule is CCc1ccc(OC[C@@H](O)Cn2c(N3CCOCC3)nc3c2c(=O)n(C)c(=O)n3C)cc1. The minimum atomic E-state index is -0.889. The second-order valence-corrected chi connectivity index (χ2v) is 7.96. The van der Waals surface area contributed by atoms with Crippen LogP contribution in [0.25, 0.3) is 11.2 Å². The average Bonchev–Trinajstić information content (AvgIpc) is 3.20. The van der Waals surface area contributed by atoms with Crippen LogP contribution in [0.15, 0.2) is 33.9 Å². The van der Waals surface area contributed by atoms with E-state index in [0.29, 0.717) is 43.6 Å². The Morgan fingerprint density at radius 1 is 1.12 bits per heavy atom. The largest absolute Gasteiger partial charge is 0.491 e. The zero-order valence-corrected chi connectivity index (χ0v) is 18.7. The molecule has 2 aromatic heterocycles. The van der Waals surface area contributed by atoms with E-state index in [1.165, 1.54) is 17.2 Å². The number of aryl methyl sites for hydroxylation is 2. The fourth-order valence-corrected chi connectivity index (χ4v) is 3.89. The first-order chi connectivity index (χ1) is 15.4. The molecule has 0 radical (unpaired) electrons. The number of anilines is 1. The maximum atomic E-state index is 13.0. The van der Waals surface area contributed by atoms with Gasteiger partial charge >= 0.3 is 5.69 Å². The van der Waals surface area contributed by atoms with E-state index in [0.717, 1.165) is 11.0 Å². The van der Waals surface area contributed by atoms with E-state index >= 15 is 0 Å². The van der Waals surface area contributed by atoms with Gasteiger partial charge in [-0.15, -0.1) is 0 Å². The molecule has 3 heterocycles. The van der Waals surface area contributed by atoms with Gasteiger partial charge in [-0.1, -0.05) is 19.1 Å². The summed E-state index contributed by atoms with van der Waals surface area (Å²) in [4.78, 5) is 32.0. The van der Waals surface area contributed by atoms with Crippen molar-refractivity contribution in [3.8, 4) is 5.75 Å². The number of rotatable bonds is 7. The number of benzene rings is 1. The van der Waals surface area contributed by atoms with Gasteiger partial charge in [-0.2, -0.15) is 4.98 Å². The quantitative estimate of drug-likeness (QED) is 0.559. The van der Waals surface area contributed by atoms with Gasteiger partial charge in [-0.3, -0.25) is 13.9 Å². The number of ether oxygens (including phenoxy) is 2. The number of aliphatic hydroxyl groups excluding tert-OH is 1. The highest BCUT2D eigenvalue weighted by Crippen LogP contribution is 2.21. The van der Waals surface area contributed by atoms with E-state index in [-0.39, 0.29) is 18.7 Å². The molecular weight excluding hydrogens is 414 g/mol. The van der Waals surface area contributed by atoms with Crippen LogP contribution in [0.2, 0.25) is 0 Å². The first-order valence-corrected chi connectivity index (χ1v) is 10.8. The summed E-state index contributed by atoms with van der Waals surface area (Å²) >= 11 is 0. The molecule has 0 spiro atoms. The number of fused-ring (bicyclic) bond motifs is 1. The first-order valence-electron chi connectivity index (χ1n) is 10.8. The van der Waals surface area contributed by atoms with E-state index in [1.54, 1.807) is 11.6 Å². The molecule has 0 aliphatic carbocycles. The van der Waals surface area contributed by atoms with E-state index in [1.807, 2.05) is 29.2 Å². The fraction of sp³-hybridized carbons (Fsp3) is 0.500. The molecule has 1 saturated heterocycles. The molecular formula is C22H29N5O5. The van der Waals surface area contributed by atoms with Crippen molar-refractivity contribution in [1.29, 1.82) is 0 Å². The maximum absolute atomic E-state index is 13.0. The van der Waals surface area contributed by atoms with Gasteiger partial charge in [0, 0.05) is 27.2 Å². The minimum Gasteiger partial charge on any atom is -0.491 e. The Morgan fingerprint density at radius 2 is 1.81 bits per heavy atom. The molecule has 0 amide bonds. The molecule has 1 fully saturated rings. The minimum absolute atomic E-state index is 0.0553. The number of nitrogens with zero attached hydrogens (tertiary/aromatic N) is 5. The average molecular weight is 444 g/mol. The van der Waals surface area contributed by atoms with Crippen LogP contribution < -0.4 is 20.9 Å². The third-order valence-corrected chi connectivity index (χ3v) is 5.79. The number of aliphatic hydroxyl groups is 1. The summed E-state index contributed by atoms with van der Waals surface area (Å²) in [7, 11) is 3.03. The molecule has 10 heteroatoms. The zero-order valence-electron chi connectivity index (χ0n) is 18.7. The Bertz CT molecular complexity index is 1200. The summed E-state index contributed by atoms with van der Waals surface area (Å²) in [6.07, 6.45) is 0.0539. The third-order valence-electron chi connectivity index (χ3n) is 5.79. The molecule has 1 aliphatic heterocycles. The number of hydrogen-bond acceptors (Lipinski definition) is 7. The second kappa shape index (κ2) is 9.17. The lowest BCUT2D eigenvalue weighted by molar-refractivity contribution is 0.0927. The monoisotopic (exact) mass is 443 g/mol. The van der Waals surface area contributed by atoms with Gasteiger partial charge in [-0.25, -0.2) is 4.79 Å². The van der Waals surface area contributed by atoms with Crippen LogP contribution in [0.4, 0.5) is 5.95 Å². The number of aromatic nitrogens is 4. The Balaban J connectivity index is 1.66. The molecule has 0 bridgehead atoms. The van der Waals surface area contributed by atoms with Crippen molar-refractivity contribution in [3.63, 3.8) is 0 Å². The van der Waals surface area contributed by atoms with Crippen LogP contribution in [-0.2, 0) is 31.8 Å². The molecule has 1 aromatic carbocycles. The van der Waals surface area contributed by atoms with Crippen molar-refractivity contribution >= 4 is 17.1 Å². The summed E-state index contributed by atoms with van der Waals surface area (Å²) in [6, 6.07) is 7.74. The zero-order chi connectivity index (χ0) is 22.8. The summed E-state index contributed by atoms with van der Waals surface area (Å²) in [5, 5.41) is 10.8. The molecule has 0 saturated carbocycles. The van der Waals surface area contributed by atoms with Crippen LogP contribution >= 0.6 is 0 Å². The van der Waals surface area contributed by atoms with Gasteiger partial charge in [0.1, 0.15) is 18.5 Å². The van der Waals surface area contributed by atoms with Gasteiger partial charge in [0.05, 0.1) is 19.8 Å². The number of hydrogen-bond donors (Lipinski definition) is 1. The van der Waals surface area contributed by atoms with Crippen LogP contribution in [0.1, 0.15) is 12.5 Å². The van der Waals surface area contributed by atoms with Crippen molar-refractivity contribution in [2.24, 2.45) is 14.1 Å². The van der Waals surface area contributed by atoms with Crippen molar-refractivity contribution in [1.82, 2.24) is 18.7 Å². The van der Waals surface area contributed by atoms with Crippen LogP contribution in [0.5, 0.6) is 5.75 Å². The van der Waals surface area contributed by atoms with Gasteiger partial charge in [0.15, 0.2) is 11.2 Å². The number of imidazole rings is 1. The van der Waals surface area contributed by atoms with Crippen LogP contribution in [0, 0.1) is 0 Å². The second-order valence-electron chi connectivity index (χ2n) is 7.96. The highest BCUT2D eigenvalue weighted by atomic mass is 16.5. The highest BCUT2D eigenvalue weighted by molar-refractivity contribution is 5.74. The van der Waals surface area contributed by atoms with Gasteiger partial charge in [0.2, 0.25) is 5.95 Å². The van der Waals surface area contributed by atoms with Crippen LogP contribution in [-0.4, -0.2) is 62.8 Å². The molecule has 1 atom stereocenters. The molecule has 10 nitrogen and oxygen atoms in total. The Labute approximate surface area is 185 Å². The molecule has 1 N–H and O–H groups in total. The summed E-state index contributed by atoms with van der Waals surface area (Å²) in [6.45, 7) is 4.53. The highest BCUT2D eigenvalue weighted by Gasteiger charge is 2.25. The smallest absolute Gasteiger partial charge is 0.332 e. The van der Waals surface area contributed by atoms with Crippen molar-refractivity contribution in [3.05, 3.63) is 50.7 Å². The standard InChI is InChI=1S/C22H29N5O5/c1-4-15-5-7-17(8-6-15)32-14-16(28)13-27-18-19(24(2)22(30)25(3)20(18)29)23-21(27)26-9-11-31-12-10-26/h5-8,16,28H,4,9-14H2,1-3H3/t16-/m0/s1. The predicted molar refractivity (Wildman–Crippen MR) is 121 cm³/mol. The summed E-state index contributed by atoms with van der Waals surface area (Å²) in [5.74, 6) is 1.21. The summed E-state index contributed by atoms with van der Waals surface area (Å²) < 4.78 is 15.3. The van der Waals surface area contributed by atoms with E-state index in [4.69, 9.17) is 9.47 Å². The normalized spacial score (nSPS) is 15.3. The van der Waals surface area contributed by atoms with Crippen molar-refractivity contribution in [2.45, 2.75) is 26.0 Å². The van der Waals surface area contributed by atoms with Gasteiger partial charge < -0.3 is 24.0 Å². The van der Waals surface area contributed by atoms with Crippen molar-refractivity contribution in [2.75, 3.05) is 37.8 Å². The van der Waals surface area contributed by atoms with Crippen molar-refractivity contribution < 1.29 is 14.6 Å². The lowest BCUT2D eigenvalue weighted by Crippen LogP contribution is -2.39. The Kier molecular flexibility index (Phi) is 6.33. The van der Waals surface area contributed by atoms with Gasteiger partial charge in [-0.05, 0) is 24.1 Å².